The summed E-state index contributed by atoms with van der Waals surface area (Å²) in [7, 11) is 1.64. The van der Waals surface area contributed by atoms with Crippen LogP contribution in [0.3, 0.4) is 0 Å². The number of carbonyl (C=O) groups is 1. The Morgan fingerprint density at radius 3 is 2.93 bits per heavy atom. The van der Waals surface area contributed by atoms with Crippen molar-refractivity contribution in [3.8, 4) is 11.5 Å². The molecule has 0 fully saturated rings. The van der Waals surface area contributed by atoms with Gasteiger partial charge < -0.3 is 24.1 Å². The number of benzene rings is 2. The van der Waals surface area contributed by atoms with Crippen LogP contribution in [0.25, 0.3) is 11.0 Å². The number of imidazole rings is 1. The predicted molar refractivity (Wildman–Crippen MR) is 99.9 cm³/mol. The molecule has 4 rings (SSSR count). The first kappa shape index (κ1) is 17.4. The summed E-state index contributed by atoms with van der Waals surface area (Å²) >= 11 is 0. The second-order valence-electron chi connectivity index (χ2n) is 6.33. The molecule has 0 saturated heterocycles. The highest BCUT2D eigenvalue weighted by molar-refractivity contribution is 5.79. The molecule has 1 atom stereocenters. The topological polar surface area (TPSA) is 74.6 Å². The van der Waals surface area contributed by atoms with Gasteiger partial charge in [-0.05, 0) is 24.3 Å². The van der Waals surface area contributed by atoms with Gasteiger partial charge in [0.1, 0.15) is 23.9 Å². The number of nitrogens with zero attached hydrogens (tertiary/aromatic N) is 2. The summed E-state index contributed by atoms with van der Waals surface area (Å²) in [6.07, 6.45) is 0. The molecule has 0 bridgehead atoms. The third-order valence-electron chi connectivity index (χ3n) is 4.52. The standard InChI is InChI=1S/C20H21N3O4/c1-25-16-7-8-17-18(9-16)23-14(11-26-12-19(23)22-17)10-21-20(24)13-27-15-5-3-2-4-6-15/h2-9,14H,10-13H2,1H3,(H,21,24)/t14-/m0/s1. The highest BCUT2D eigenvalue weighted by Gasteiger charge is 2.24. The van der Waals surface area contributed by atoms with Gasteiger partial charge in [-0.2, -0.15) is 0 Å². The van der Waals surface area contributed by atoms with Gasteiger partial charge in [0, 0.05) is 12.6 Å². The van der Waals surface area contributed by atoms with E-state index in [9.17, 15) is 4.79 Å². The Morgan fingerprint density at radius 2 is 2.11 bits per heavy atom. The molecule has 0 spiro atoms. The summed E-state index contributed by atoms with van der Waals surface area (Å²) in [5, 5.41) is 2.92. The minimum absolute atomic E-state index is 0.0249. The summed E-state index contributed by atoms with van der Waals surface area (Å²) in [6.45, 7) is 1.38. The van der Waals surface area contributed by atoms with E-state index in [2.05, 4.69) is 14.9 Å². The van der Waals surface area contributed by atoms with Crippen LogP contribution in [0.15, 0.2) is 48.5 Å². The molecule has 1 N–H and O–H groups in total. The normalized spacial score (nSPS) is 16.0. The van der Waals surface area contributed by atoms with Crippen LogP contribution in [-0.4, -0.2) is 42.3 Å². The van der Waals surface area contributed by atoms with E-state index in [1.165, 1.54) is 0 Å². The average Bonchev–Trinajstić information content (AvgIpc) is 3.09. The Balaban J connectivity index is 1.44. The molecule has 0 saturated carbocycles. The number of fused-ring (bicyclic) bond motifs is 3. The lowest BCUT2D eigenvalue weighted by Gasteiger charge is -2.26. The fraction of sp³-hybridized carbons (Fsp3) is 0.300. The largest absolute Gasteiger partial charge is 0.497 e. The molecular weight excluding hydrogens is 346 g/mol. The zero-order valence-corrected chi connectivity index (χ0v) is 15.1. The van der Waals surface area contributed by atoms with Gasteiger partial charge in [0.05, 0.1) is 30.8 Å². The molecule has 2 heterocycles. The van der Waals surface area contributed by atoms with Crippen LogP contribution in [0, 0.1) is 0 Å². The molecule has 140 valence electrons. The van der Waals surface area contributed by atoms with Crippen LogP contribution in [0.2, 0.25) is 0 Å². The second-order valence-corrected chi connectivity index (χ2v) is 6.33. The molecule has 3 aromatic rings. The Bertz CT molecular complexity index is 939. The molecule has 1 aliphatic heterocycles. The van der Waals surface area contributed by atoms with Gasteiger partial charge in [-0.25, -0.2) is 4.98 Å². The van der Waals surface area contributed by atoms with E-state index in [0.29, 0.717) is 25.5 Å². The molecule has 0 radical (unpaired) electrons. The Kier molecular flexibility index (Phi) is 4.93. The van der Waals surface area contributed by atoms with Crippen molar-refractivity contribution in [2.45, 2.75) is 12.6 Å². The lowest BCUT2D eigenvalue weighted by atomic mass is 10.2. The van der Waals surface area contributed by atoms with Crippen LogP contribution in [0.4, 0.5) is 0 Å². The second kappa shape index (κ2) is 7.67. The number of hydrogen-bond donors (Lipinski definition) is 1. The average molecular weight is 367 g/mol. The van der Waals surface area contributed by atoms with Crippen molar-refractivity contribution in [1.82, 2.24) is 14.9 Å². The maximum absolute atomic E-state index is 12.2. The maximum atomic E-state index is 12.2. The molecule has 0 aliphatic carbocycles. The molecule has 7 heteroatoms. The van der Waals surface area contributed by atoms with Gasteiger partial charge in [-0.1, -0.05) is 18.2 Å². The summed E-state index contributed by atoms with van der Waals surface area (Å²) < 4.78 is 18.6. The zero-order chi connectivity index (χ0) is 18.6. The van der Waals surface area contributed by atoms with Gasteiger partial charge in [-0.15, -0.1) is 0 Å². The van der Waals surface area contributed by atoms with Crippen molar-refractivity contribution in [3.05, 3.63) is 54.4 Å². The fourth-order valence-corrected chi connectivity index (χ4v) is 3.22. The smallest absolute Gasteiger partial charge is 0.258 e. The molecular formula is C20H21N3O4. The van der Waals surface area contributed by atoms with Crippen molar-refractivity contribution in [2.75, 3.05) is 26.9 Å². The van der Waals surface area contributed by atoms with Crippen molar-refractivity contribution < 1.29 is 19.0 Å². The van der Waals surface area contributed by atoms with Crippen LogP contribution in [0.1, 0.15) is 11.9 Å². The number of aromatic nitrogens is 2. The quantitative estimate of drug-likeness (QED) is 0.724. The van der Waals surface area contributed by atoms with Crippen LogP contribution < -0.4 is 14.8 Å². The van der Waals surface area contributed by atoms with Crippen molar-refractivity contribution in [2.24, 2.45) is 0 Å². The molecule has 2 aromatic carbocycles. The third-order valence-corrected chi connectivity index (χ3v) is 4.52. The number of para-hydroxylation sites is 1. The Morgan fingerprint density at radius 1 is 1.26 bits per heavy atom. The number of carbonyl (C=O) groups excluding carboxylic acids is 1. The lowest BCUT2D eigenvalue weighted by Crippen LogP contribution is -2.37. The summed E-state index contributed by atoms with van der Waals surface area (Å²) in [6, 6.07) is 15.0. The Hall–Kier alpha value is -3.06. The van der Waals surface area contributed by atoms with Crippen molar-refractivity contribution >= 4 is 16.9 Å². The van der Waals surface area contributed by atoms with Gasteiger partial charge in [0.15, 0.2) is 6.61 Å². The van der Waals surface area contributed by atoms with Crippen LogP contribution in [-0.2, 0) is 16.1 Å². The van der Waals surface area contributed by atoms with Gasteiger partial charge in [-0.3, -0.25) is 4.79 Å². The molecule has 1 aromatic heterocycles. The lowest BCUT2D eigenvalue weighted by molar-refractivity contribution is -0.123. The summed E-state index contributed by atoms with van der Waals surface area (Å²) in [5.41, 5.74) is 1.87. The zero-order valence-electron chi connectivity index (χ0n) is 15.1. The van der Waals surface area contributed by atoms with Gasteiger partial charge >= 0.3 is 0 Å². The van der Waals surface area contributed by atoms with Gasteiger partial charge in [0.25, 0.3) is 5.91 Å². The number of methoxy groups -OCH3 is 1. The number of nitrogens with one attached hydrogen (secondary N) is 1. The summed E-state index contributed by atoms with van der Waals surface area (Å²) in [4.78, 5) is 16.8. The third kappa shape index (κ3) is 3.73. The first-order valence-corrected chi connectivity index (χ1v) is 8.82. The van der Waals surface area contributed by atoms with Crippen molar-refractivity contribution in [3.63, 3.8) is 0 Å². The van der Waals surface area contributed by atoms with E-state index < -0.39 is 0 Å². The minimum Gasteiger partial charge on any atom is -0.497 e. The number of amides is 1. The van der Waals surface area contributed by atoms with E-state index in [1.807, 2.05) is 48.5 Å². The van der Waals surface area contributed by atoms with Crippen molar-refractivity contribution in [1.29, 1.82) is 0 Å². The highest BCUT2D eigenvalue weighted by atomic mass is 16.5. The first-order chi connectivity index (χ1) is 13.2. The van der Waals surface area contributed by atoms with Crippen LogP contribution in [0.5, 0.6) is 11.5 Å². The maximum Gasteiger partial charge on any atom is 0.258 e. The minimum atomic E-state index is -0.173. The molecule has 7 nitrogen and oxygen atoms in total. The molecule has 0 unspecified atom stereocenters. The number of hydrogen-bond acceptors (Lipinski definition) is 5. The fourth-order valence-electron chi connectivity index (χ4n) is 3.22. The Labute approximate surface area is 156 Å². The molecule has 27 heavy (non-hydrogen) atoms. The highest BCUT2D eigenvalue weighted by Crippen LogP contribution is 2.28. The molecule has 1 amide bonds. The first-order valence-electron chi connectivity index (χ1n) is 8.82. The van der Waals surface area contributed by atoms with E-state index in [1.54, 1.807) is 7.11 Å². The SMILES string of the molecule is COc1ccc2nc3n(c2c1)[C@@H](CNC(=O)COc1ccccc1)COC3. The van der Waals surface area contributed by atoms with Crippen LogP contribution >= 0.6 is 0 Å². The van der Waals surface area contributed by atoms with E-state index >= 15 is 0 Å². The number of ether oxygens (including phenoxy) is 3. The van der Waals surface area contributed by atoms with E-state index in [0.717, 1.165) is 22.6 Å². The van der Waals surface area contributed by atoms with E-state index in [-0.39, 0.29) is 18.6 Å². The number of rotatable bonds is 6. The summed E-state index contributed by atoms with van der Waals surface area (Å²) in [5.74, 6) is 2.12. The monoisotopic (exact) mass is 367 g/mol. The van der Waals surface area contributed by atoms with Gasteiger partial charge in [0.2, 0.25) is 0 Å². The van der Waals surface area contributed by atoms with E-state index in [4.69, 9.17) is 14.2 Å². The predicted octanol–water partition coefficient (Wildman–Crippen LogP) is 2.31. The molecule has 1 aliphatic rings.